The average Bonchev–Trinajstić information content (AvgIpc) is 1.38. The van der Waals surface area contributed by atoms with Gasteiger partial charge in [-0.15, -0.1) is 6.04 Å². The molecule has 7 heavy (non-hydrogen) atoms. The summed E-state index contributed by atoms with van der Waals surface area (Å²) in [6.07, 6.45) is 0. The standard InChI is InChI=1S/C4H10N.CH3.Y/c1-4(2)5-3;;/h4-5H,1H2,2-3H3;1H3;/q2*-1;. The van der Waals surface area contributed by atoms with Crippen molar-refractivity contribution in [2.24, 2.45) is 0 Å². The van der Waals surface area contributed by atoms with E-state index in [1.165, 1.54) is 0 Å². The molecule has 0 saturated carbocycles. The van der Waals surface area contributed by atoms with E-state index in [2.05, 4.69) is 12.2 Å². The Balaban J connectivity index is -0.0000000800. The largest absolute Gasteiger partial charge is 0.358 e. The van der Waals surface area contributed by atoms with E-state index in [0.717, 1.165) is 0 Å². The molecule has 1 nitrogen and oxygen atoms in total. The zero-order valence-corrected chi connectivity index (χ0v) is 8.20. The molecule has 0 aliphatic heterocycles. The fourth-order valence-electron chi connectivity index (χ4n) is 0. The van der Waals surface area contributed by atoms with Crippen molar-refractivity contribution in [1.29, 1.82) is 0 Å². The summed E-state index contributed by atoms with van der Waals surface area (Å²) < 4.78 is 0. The van der Waals surface area contributed by atoms with Gasteiger partial charge in [0.1, 0.15) is 0 Å². The summed E-state index contributed by atoms with van der Waals surface area (Å²) in [6.45, 7) is 5.65. The summed E-state index contributed by atoms with van der Waals surface area (Å²) in [6, 6.07) is 0.384. The van der Waals surface area contributed by atoms with E-state index in [1.54, 1.807) is 0 Å². The van der Waals surface area contributed by atoms with Crippen LogP contribution in [0.25, 0.3) is 0 Å². The van der Waals surface area contributed by atoms with E-state index < -0.39 is 0 Å². The Hall–Kier alpha value is 1.06. The summed E-state index contributed by atoms with van der Waals surface area (Å²) in [5.74, 6) is 0. The van der Waals surface area contributed by atoms with Gasteiger partial charge in [0.15, 0.2) is 0 Å². The van der Waals surface area contributed by atoms with E-state index in [-0.39, 0.29) is 40.1 Å². The zero-order valence-electron chi connectivity index (χ0n) is 5.36. The topological polar surface area (TPSA) is 12.0 Å². The van der Waals surface area contributed by atoms with Crippen molar-refractivity contribution in [3.05, 3.63) is 14.4 Å². The first-order valence-corrected chi connectivity index (χ1v) is 1.77. The van der Waals surface area contributed by atoms with Crippen molar-refractivity contribution in [3.63, 3.8) is 0 Å². The fraction of sp³-hybridized carbons (Fsp3) is 0.600. The summed E-state index contributed by atoms with van der Waals surface area (Å²) in [4.78, 5) is 0. The second-order valence-corrected chi connectivity index (χ2v) is 1.19. The zero-order chi connectivity index (χ0) is 4.28. The molecule has 1 unspecified atom stereocenters. The minimum atomic E-state index is 0. The molecule has 0 aromatic carbocycles. The number of hydrogen-bond donors (Lipinski definition) is 1. The molecule has 1 radical (unpaired) electrons. The molecule has 2 heteroatoms. The van der Waals surface area contributed by atoms with E-state index >= 15 is 0 Å². The van der Waals surface area contributed by atoms with E-state index in [4.69, 9.17) is 0 Å². The Morgan fingerprint density at radius 3 is 1.71 bits per heavy atom. The van der Waals surface area contributed by atoms with Crippen LogP contribution in [-0.2, 0) is 32.7 Å². The summed E-state index contributed by atoms with van der Waals surface area (Å²) in [5, 5.41) is 2.92. The average molecular weight is 176 g/mol. The van der Waals surface area contributed by atoms with E-state index in [1.807, 2.05) is 14.0 Å². The van der Waals surface area contributed by atoms with Crippen LogP contribution in [0.15, 0.2) is 0 Å². The Morgan fingerprint density at radius 2 is 1.71 bits per heavy atom. The van der Waals surface area contributed by atoms with Gasteiger partial charge in [-0.2, -0.15) is 0 Å². The van der Waals surface area contributed by atoms with Crippen LogP contribution in [0.5, 0.6) is 0 Å². The van der Waals surface area contributed by atoms with Gasteiger partial charge in [-0.3, -0.25) is 0 Å². The van der Waals surface area contributed by atoms with Crippen molar-refractivity contribution in [2.75, 3.05) is 7.05 Å². The molecule has 0 saturated heterocycles. The van der Waals surface area contributed by atoms with Gasteiger partial charge in [0.2, 0.25) is 0 Å². The van der Waals surface area contributed by atoms with Gasteiger partial charge in [-0.1, -0.05) is 6.92 Å². The van der Waals surface area contributed by atoms with Crippen LogP contribution >= 0.6 is 0 Å². The third kappa shape index (κ3) is 19.3. The normalized spacial score (nSPS) is 10.7. The van der Waals surface area contributed by atoms with Crippen molar-refractivity contribution in [3.8, 4) is 0 Å². The summed E-state index contributed by atoms with van der Waals surface area (Å²) >= 11 is 0. The fourth-order valence-corrected chi connectivity index (χ4v) is 0. The van der Waals surface area contributed by atoms with Gasteiger partial charge < -0.3 is 19.7 Å². The van der Waals surface area contributed by atoms with Crippen molar-refractivity contribution < 1.29 is 32.7 Å². The van der Waals surface area contributed by atoms with E-state index in [0.29, 0.717) is 6.04 Å². The quantitative estimate of drug-likeness (QED) is 0.584. The molecule has 43 valence electrons. The Labute approximate surface area is 72.1 Å². The first-order chi connectivity index (χ1) is 2.27. The van der Waals surface area contributed by atoms with Gasteiger partial charge >= 0.3 is 0 Å². The van der Waals surface area contributed by atoms with Crippen LogP contribution in [0, 0.1) is 14.4 Å². The van der Waals surface area contributed by atoms with Crippen LogP contribution in [-0.4, -0.2) is 13.1 Å². The molecule has 1 atom stereocenters. The minimum absolute atomic E-state index is 0. The molecule has 0 heterocycles. The maximum atomic E-state index is 3.65. The van der Waals surface area contributed by atoms with Gasteiger partial charge in [0.05, 0.1) is 0 Å². The molecule has 0 aromatic heterocycles. The van der Waals surface area contributed by atoms with Crippen LogP contribution in [0.4, 0.5) is 0 Å². The van der Waals surface area contributed by atoms with Crippen LogP contribution in [0.3, 0.4) is 0 Å². The number of nitrogens with one attached hydrogen (secondary N) is 1. The van der Waals surface area contributed by atoms with Crippen LogP contribution < -0.4 is 5.32 Å². The molecule has 0 bridgehead atoms. The maximum Gasteiger partial charge on any atom is 0 e. The van der Waals surface area contributed by atoms with Crippen molar-refractivity contribution in [1.82, 2.24) is 5.32 Å². The second-order valence-electron chi connectivity index (χ2n) is 1.19. The molecule has 1 N–H and O–H groups in total. The molecular weight excluding hydrogens is 163 g/mol. The predicted octanol–water partition coefficient (Wildman–Crippen LogP) is 0.876. The molecular formula is C5H13NY-2. The molecule has 0 aliphatic carbocycles. The molecule has 0 amide bonds. The predicted molar refractivity (Wildman–Crippen MR) is 30.3 cm³/mol. The summed E-state index contributed by atoms with van der Waals surface area (Å²) in [7, 11) is 1.89. The van der Waals surface area contributed by atoms with Crippen LogP contribution in [0.2, 0.25) is 0 Å². The second kappa shape index (κ2) is 10.1. The Bertz CT molecular complexity index is 22.0. The Kier molecular flexibility index (Phi) is 22.7. The van der Waals surface area contributed by atoms with Gasteiger partial charge in [0, 0.05) is 32.7 Å². The molecule has 0 spiro atoms. The third-order valence-corrected chi connectivity index (χ3v) is 0.493. The first kappa shape index (κ1) is 15.7. The summed E-state index contributed by atoms with van der Waals surface area (Å²) in [5.41, 5.74) is 0. The monoisotopic (exact) mass is 176 g/mol. The van der Waals surface area contributed by atoms with Crippen molar-refractivity contribution >= 4 is 0 Å². The first-order valence-electron chi connectivity index (χ1n) is 1.77. The smallest absolute Gasteiger partial charge is 0 e. The van der Waals surface area contributed by atoms with Crippen LogP contribution in [0.1, 0.15) is 6.92 Å². The van der Waals surface area contributed by atoms with Gasteiger partial charge in [-0.05, 0) is 7.05 Å². The molecule has 0 aromatic rings. The minimum Gasteiger partial charge on any atom is -0.358 e. The number of rotatable bonds is 1. The molecule has 0 rings (SSSR count). The third-order valence-electron chi connectivity index (χ3n) is 0.493. The number of hydrogen-bond acceptors (Lipinski definition) is 1. The molecule has 0 fully saturated rings. The SMILES string of the molecule is [CH2-]C(C)NC.[CH3-].[Y]. The Morgan fingerprint density at radius 1 is 1.57 bits per heavy atom. The maximum absolute atomic E-state index is 3.65. The van der Waals surface area contributed by atoms with Gasteiger partial charge in [0.25, 0.3) is 0 Å². The van der Waals surface area contributed by atoms with Gasteiger partial charge in [-0.25, -0.2) is 0 Å². The van der Waals surface area contributed by atoms with E-state index in [9.17, 15) is 0 Å². The van der Waals surface area contributed by atoms with Crippen molar-refractivity contribution in [2.45, 2.75) is 13.0 Å². The molecule has 0 aliphatic rings.